The number of hydrogen-bond acceptors (Lipinski definition) is 3. The third-order valence-electron chi connectivity index (χ3n) is 6.04. The summed E-state index contributed by atoms with van der Waals surface area (Å²) in [6, 6.07) is 5.45. The largest absolute Gasteiger partial charge is 0.380 e. The van der Waals surface area contributed by atoms with Crippen molar-refractivity contribution in [2.75, 3.05) is 26.3 Å². The smallest absolute Gasteiger partial charge is 0.0732 e. The van der Waals surface area contributed by atoms with Crippen LogP contribution in [0, 0.1) is 18.8 Å². The number of fused-ring (bicyclic) bond motifs is 2. The number of aromatic nitrogens is 2. The second-order valence-electron chi connectivity index (χ2n) is 7.23. The maximum Gasteiger partial charge on any atom is 0.0732 e. The number of piperidine rings is 1. The van der Waals surface area contributed by atoms with Gasteiger partial charge in [0.05, 0.1) is 24.7 Å². The highest BCUT2D eigenvalue weighted by Crippen LogP contribution is 2.59. The number of aryl methyl sites for hydroxylation is 1. The monoisotopic (exact) mass is 441 g/mol. The topological polar surface area (TPSA) is 30.3 Å². The van der Waals surface area contributed by atoms with Gasteiger partial charge in [-0.2, -0.15) is 5.10 Å². The van der Waals surface area contributed by atoms with Crippen LogP contribution in [0.3, 0.4) is 0 Å². The molecule has 2 aromatic rings. The van der Waals surface area contributed by atoms with Gasteiger partial charge >= 0.3 is 0 Å². The molecule has 0 amide bonds. The van der Waals surface area contributed by atoms with Crippen molar-refractivity contribution >= 4 is 39.3 Å². The zero-order valence-corrected chi connectivity index (χ0v) is 16.4. The minimum atomic E-state index is 0.670. The SMILES string of the molecule is Cc1cc2cnn(PI)c2cc1C1C2CN(C3CCOC3)CC21. The first kappa shape index (κ1) is 15.1. The van der Waals surface area contributed by atoms with Gasteiger partial charge in [0, 0.05) is 31.1 Å². The van der Waals surface area contributed by atoms with Gasteiger partial charge in [-0.15, -0.1) is 0 Å². The van der Waals surface area contributed by atoms with Gasteiger partial charge in [-0.3, -0.25) is 4.90 Å². The molecule has 4 nitrogen and oxygen atoms in total. The number of nitrogens with zero attached hydrogens (tertiary/aromatic N) is 3. The fraction of sp³-hybridized carbons (Fsp3) is 0.588. The predicted octanol–water partition coefficient (Wildman–Crippen LogP) is 3.57. The van der Waals surface area contributed by atoms with Crippen LogP contribution in [0.25, 0.3) is 10.9 Å². The van der Waals surface area contributed by atoms with Gasteiger partial charge in [0.2, 0.25) is 0 Å². The molecule has 122 valence electrons. The van der Waals surface area contributed by atoms with E-state index >= 15 is 0 Å². The molecule has 0 radical (unpaired) electrons. The number of halogens is 1. The first-order valence-corrected chi connectivity index (χ1v) is 12.5. The van der Waals surface area contributed by atoms with Crippen molar-refractivity contribution < 1.29 is 4.74 Å². The summed E-state index contributed by atoms with van der Waals surface area (Å²) in [6.45, 7) is 6.72. The summed E-state index contributed by atoms with van der Waals surface area (Å²) in [4.78, 5) is 2.68. The molecule has 4 atom stereocenters. The van der Waals surface area contributed by atoms with Gasteiger partial charge in [-0.1, -0.05) is 0 Å². The molecule has 4 unspecified atom stereocenters. The lowest BCUT2D eigenvalue weighted by atomic mass is 9.99. The Balaban J connectivity index is 1.39. The molecule has 2 aliphatic heterocycles. The van der Waals surface area contributed by atoms with Crippen LogP contribution in [0.1, 0.15) is 23.5 Å². The highest BCUT2D eigenvalue weighted by atomic mass is 127. The summed E-state index contributed by atoms with van der Waals surface area (Å²) in [5.74, 6) is 2.51. The molecule has 3 fully saturated rings. The molecule has 0 N–H and O–H groups in total. The van der Waals surface area contributed by atoms with Crippen LogP contribution >= 0.6 is 28.4 Å². The Bertz CT molecular complexity index is 746. The Labute approximate surface area is 151 Å². The third-order valence-corrected chi connectivity index (χ3v) is 7.93. The Morgan fingerprint density at radius 3 is 2.83 bits per heavy atom. The first-order chi connectivity index (χ1) is 11.3. The van der Waals surface area contributed by atoms with E-state index in [2.05, 4.69) is 55.5 Å². The van der Waals surface area contributed by atoms with E-state index in [-0.39, 0.29) is 0 Å². The lowest BCUT2D eigenvalue weighted by Gasteiger charge is -2.25. The van der Waals surface area contributed by atoms with E-state index in [9.17, 15) is 0 Å². The van der Waals surface area contributed by atoms with Gasteiger partial charge in [-0.25, -0.2) is 4.45 Å². The second kappa shape index (κ2) is 5.65. The van der Waals surface area contributed by atoms with Gasteiger partial charge in [0.15, 0.2) is 0 Å². The molecular weight excluding hydrogens is 420 g/mol. The van der Waals surface area contributed by atoms with Crippen LogP contribution in [0.5, 0.6) is 0 Å². The lowest BCUT2D eigenvalue weighted by Crippen LogP contribution is -2.35. The van der Waals surface area contributed by atoms with E-state index in [1.165, 1.54) is 36.0 Å². The summed E-state index contributed by atoms with van der Waals surface area (Å²) in [5.41, 5.74) is 4.33. The average molecular weight is 441 g/mol. The van der Waals surface area contributed by atoms with Crippen molar-refractivity contribution in [2.24, 2.45) is 11.8 Å². The van der Waals surface area contributed by atoms with Gasteiger partial charge in [0.25, 0.3) is 0 Å². The second-order valence-corrected chi connectivity index (χ2v) is 9.27. The number of ether oxygens (including phenoxy) is 1. The van der Waals surface area contributed by atoms with Crippen LogP contribution in [0.4, 0.5) is 0 Å². The molecule has 1 saturated carbocycles. The van der Waals surface area contributed by atoms with Crippen LogP contribution in [-0.4, -0.2) is 46.8 Å². The zero-order valence-electron chi connectivity index (χ0n) is 13.2. The Morgan fingerprint density at radius 2 is 2.13 bits per heavy atom. The normalized spacial score (nSPS) is 34.0. The standard InChI is InChI=1S/C17H21IN3OP/c1-10-4-11-6-19-21(23-18)16(11)5-13(10)17-14-7-20(8-15(14)17)12-2-3-22-9-12/h4-6,12,14-15,17,23H,2-3,7-9H2,1H3. The van der Waals surface area contributed by atoms with E-state index in [1.54, 1.807) is 5.56 Å². The molecule has 2 saturated heterocycles. The van der Waals surface area contributed by atoms with Crippen molar-refractivity contribution in [3.8, 4) is 0 Å². The van der Waals surface area contributed by atoms with Crippen LogP contribution in [-0.2, 0) is 4.74 Å². The summed E-state index contributed by atoms with van der Waals surface area (Å²) in [6.07, 6.45) is 3.90. The Morgan fingerprint density at radius 1 is 1.30 bits per heavy atom. The fourth-order valence-electron chi connectivity index (χ4n) is 4.76. The van der Waals surface area contributed by atoms with Crippen LogP contribution in [0.2, 0.25) is 0 Å². The summed E-state index contributed by atoms with van der Waals surface area (Å²) in [5, 5.41) is 5.79. The van der Waals surface area contributed by atoms with Crippen LogP contribution in [0.15, 0.2) is 18.3 Å². The number of hydrogen-bond donors (Lipinski definition) is 0. The third kappa shape index (κ3) is 2.38. The molecule has 1 aromatic heterocycles. The summed E-state index contributed by atoms with van der Waals surface area (Å²) in [7, 11) is 0. The molecule has 0 bridgehead atoms. The molecule has 0 spiro atoms. The number of rotatable bonds is 3. The van der Waals surface area contributed by atoms with Crippen molar-refractivity contribution in [1.29, 1.82) is 0 Å². The fourth-order valence-corrected chi connectivity index (χ4v) is 6.30. The molecule has 23 heavy (non-hydrogen) atoms. The average Bonchev–Trinajstić information content (AvgIpc) is 3.07. The van der Waals surface area contributed by atoms with E-state index in [1.807, 2.05) is 6.20 Å². The molecule has 5 rings (SSSR count). The van der Waals surface area contributed by atoms with E-state index in [0.717, 1.165) is 31.0 Å². The maximum atomic E-state index is 5.56. The molecule has 3 heterocycles. The van der Waals surface area contributed by atoms with E-state index < -0.39 is 0 Å². The summed E-state index contributed by atoms with van der Waals surface area (Å²) >= 11 is 2.41. The number of benzene rings is 1. The van der Waals surface area contributed by atoms with Gasteiger partial charge in [-0.05, 0) is 76.4 Å². The van der Waals surface area contributed by atoms with Crippen molar-refractivity contribution in [3.05, 3.63) is 29.5 Å². The van der Waals surface area contributed by atoms with E-state index in [0.29, 0.717) is 12.4 Å². The Hall–Kier alpha value is -0.230. The minimum Gasteiger partial charge on any atom is -0.380 e. The molecule has 3 aliphatic rings. The van der Waals surface area contributed by atoms with Crippen molar-refractivity contribution in [3.63, 3.8) is 0 Å². The molecule has 1 aromatic carbocycles. The maximum absolute atomic E-state index is 5.56. The van der Waals surface area contributed by atoms with E-state index in [4.69, 9.17) is 4.74 Å². The highest BCUT2D eigenvalue weighted by molar-refractivity contribution is 14.2. The minimum absolute atomic E-state index is 0.670. The molecular formula is C17H21IN3OP. The Kier molecular flexibility index (Phi) is 3.70. The van der Waals surface area contributed by atoms with Crippen LogP contribution < -0.4 is 0 Å². The molecule has 6 heteroatoms. The number of likely N-dealkylation sites (tertiary alicyclic amines) is 1. The zero-order chi connectivity index (χ0) is 15.6. The van der Waals surface area contributed by atoms with Gasteiger partial charge < -0.3 is 4.74 Å². The molecule has 1 aliphatic carbocycles. The van der Waals surface area contributed by atoms with Crippen molar-refractivity contribution in [1.82, 2.24) is 14.5 Å². The highest BCUT2D eigenvalue weighted by Gasteiger charge is 2.57. The lowest BCUT2D eigenvalue weighted by molar-refractivity contribution is 0.151. The summed E-state index contributed by atoms with van der Waals surface area (Å²) < 4.78 is 7.70. The van der Waals surface area contributed by atoms with Crippen molar-refractivity contribution in [2.45, 2.75) is 25.3 Å². The predicted molar refractivity (Wildman–Crippen MR) is 103 cm³/mol. The first-order valence-electron chi connectivity index (χ1n) is 8.43. The quantitative estimate of drug-likeness (QED) is 0.539. The van der Waals surface area contributed by atoms with Gasteiger partial charge in [0.1, 0.15) is 0 Å².